The van der Waals surface area contributed by atoms with Crippen molar-refractivity contribution in [1.29, 1.82) is 10.5 Å². The molecule has 0 saturated heterocycles. The highest BCUT2D eigenvalue weighted by Crippen LogP contribution is 2.27. The highest BCUT2D eigenvalue weighted by molar-refractivity contribution is 6.35. The van der Waals surface area contributed by atoms with Crippen molar-refractivity contribution in [2.45, 2.75) is 6.54 Å². The van der Waals surface area contributed by atoms with Gasteiger partial charge in [-0.25, -0.2) is 0 Å². The molecule has 3 aromatic rings. The van der Waals surface area contributed by atoms with E-state index in [1.54, 1.807) is 18.2 Å². The third-order valence-electron chi connectivity index (χ3n) is 3.72. The second kappa shape index (κ2) is 6.81. The molecule has 0 unspecified atom stereocenters. The minimum atomic E-state index is 0.0717. The van der Waals surface area contributed by atoms with Crippen molar-refractivity contribution in [3.05, 3.63) is 75.4 Å². The minimum Gasteiger partial charge on any atom is -0.342 e. The monoisotopic (exact) mass is 351 g/mol. The molecule has 0 amide bonds. The van der Waals surface area contributed by atoms with Gasteiger partial charge < -0.3 is 4.57 Å². The molecule has 3 rings (SSSR count). The largest absolute Gasteiger partial charge is 0.342 e. The van der Waals surface area contributed by atoms with Crippen LogP contribution in [0.3, 0.4) is 0 Å². The van der Waals surface area contributed by atoms with E-state index < -0.39 is 0 Å². The predicted molar refractivity (Wildman–Crippen MR) is 96.7 cm³/mol. The number of nitrogens with zero attached hydrogens (tertiary/aromatic N) is 3. The maximum atomic E-state index is 8.99. The summed E-state index contributed by atoms with van der Waals surface area (Å²) in [5.41, 5.74) is 2.85. The van der Waals surface area contributed by atoms with Crippen molar-refractivity contribution in [2.24, 2.45) is 0 Å². The Labute approximate surface area is 149 Å². The van der Waals surface area contributed by atoms with E-state index >= 15 is 0 Å². The molecule has 1 aromatic heterocycles. The van der Waals surface area contributed by atoms with Crippen LogP contribution in [-0.4, -0.2) is 4.57 Å². The third-order valence-corrected chi connectivity index (χ3v) is 4.30. The lowest BCUT2D eigenvalue weighted by atomic mass is 10.1. The molecule has 0 saturated carbocycles. The summed E-state index contributed by atoms with van der Waals surface area (Å²) in [5, 5.41) is 20.1. The standard InChI is InChI=1S/C19H11Cl2N3/c20-16-6-5-14(18(21)8-16)11-24-12-15(7-13(9-22)10-23)17-3-1-2-4-19(17)24/h1-8,12H,11H2. The zero-order chi connectivity index (χ0) is 17.1. The number of halogens is 2. The summed E-state index contributed by atoms with van der Waals surface area (Å²) in [6.07, 6.45) is 3.52. The number of benzene rings is 2. The van der Waals surface area contributed by atoms with Gasteiger partial charge in [0, 0.05) is 39.3 Å². The number of allylic oxidation sites excluding steroid dienone is 1. The van der Waals surface area contributed by atoms with Gasteiger partial charge >= 0.3 is 0 Å². The van der Waals surface area contributed by atoms with E-state index in [1.807, 2.05) is 53.2 Å². The Morgan fingerprint density at radius 1 is 1.08 bits per heavy atom. The van der Waals surface area contributed by atoms with Crippen LogP contribution in [0.1, 0.15) is 11.1 Å². The van der Waals surface area contributed by atoms with Crippen LogP contribution >= 0.6 is 23.2 Å². The number of aromatic nitrogens is 1. The van der Waals surface area contributed by atoms with Gasteiger partial charge in [0.15, 0.2) is 0 Å². The molecule has 3 nitrogen and oxygen atoms in total. The van der Waals surface area contributed by atoms with E-state index in [4.69, 9.17) is 33.7 Å². The fourth-order valence-corrected chi connectivity index (χ4v) is 3.07. The first kappa shape index (κ1) is 16.1. The van der Waals surface area contributed by atoms with Crippen LogP contribution in [0.15, 0.2) is 54.2 Å². The summed E-state index contributed by atoms with van der Waals surface area (Å²) >= 11 is 12.2. The van der Waals surface area contributed by atoms with Crippen LogP contribution in [0.4, 0.5) is 0 Å². The summed E-state index contributed by atoms with van der Waals surface area (Å²) < 4.78 is 2.04. The Bertz CT molecular complexity index is 1020. The van der Waals surface area contributed by atoms with Crippen LogP contribution in [0.2, 0.25) is 10.0 Å². The molecule has 2 aromatic carbocycles. The topological polar surface area (TPSA) is 52.5 Å². The number of fused-ring (bicyclic) bond motifs is 1. The van der Waals surface area contributed by atoms with Gasteiger partial charge in [0.2, 0.25) is 0 Å². The van der Waals surface area contributed by atoms with Crippen molar-refractivity contribution < 1.29 is 0 Å². The first-order valence-electron chi connectivity index (χ1n) is 7.16. The van der Waals surface area contributed by atoms with Gasteiger partial charge in [0.05, 0.1) is 0 Å². The van der Waals surface area contributed by atoms with Gasteiger partial charge in [0.25, 0.3) is 0 Å². The minimum absolute atomic E-state index is 0.0717. The molecule has 0 fully saturated rings. The zero-order valence-corrected chi connectivity index (χ0v) is 14.0. The summed E-state index contributed by atoms with van der Waals surface area (Å²) in [7, 11) is 0. The maximum Gasteiger partial charge on any atom is 0.130 e. The lowest BCUT2D eigenvalue weighted by Gasteiger charge is -2.08. The molecule has 116 valence electrons. The number of rotatable bonds is 3. The summed E-state index contributed by atoms with van der Waals surface area (Å²) in [6, 6.07) is 17.0. The SMILES string of the molecule is N#CC(C#N)=Cc1cn(Cc2ccc(Cl)cc2Cl)c2ccccc12. The molecule has 0 aliphatic rings. The van der Waals surface area contributed by atoms with Gasteiger partial charge in [-0.15, -0.1) is 0 Å². The number of nitriles is 2. The molecule has 0 aliphatic carbocycles. The predicted octanol–water partition coefficient (Wildman–Crippen LogP) is 5.43. The van der Waals surface area contributed by atoms with E-state index in [2.05, 4.69) is 0 Å². The Morgan fingerprint density at radius 2 is 1.83 bits per heavy atom. The molecular weight excluding hydrogens is 341 g/mol. The van der Waals surface area contributed by atoms with Gasteiger partial charge in [-0.3, -0.25) is 0 Å². The highest BCUT2D eigenvalue weighted by atomic mass is 35.5. The average Bonchev–Trinajstić information content (AvgIpc) is 2.93. The van der Waals surface area contributed by atoms with E-state index in [0.29, 0.717) is 16.6 Å². The fraction of sp³-hybridized carbons (Fsp3) is 0.0526. The van der Waals surface area contributed by atoms with Gasteiger partial charge in [-0.1, -0.05) is 47.5 Å². The molecular formula is C19H11Cl2N3. The molecule has 0 atom stereocenters. The average molecular weight is 352 g/mol. The van der Waals surface area contributed by atoms with Crippen molar-refractivity contribution in [3.63, 3.8) is 0 Å². The first-order valence-corrected chi connectivity index (χ1v) is 7.91. The van der Waals surface area contributed by atoms with Crippen molar-refractivity contribution in [3.8, 4) is 12.1 Å². The molecule has 1 heterocycles. The van der Waals surface area contributed by atoms with Crippen LogP contribution in [-0.2, 0) is 6.54 Å². The highest BCUT2D eigenvalue weighted by Gasteiger charge is 2.10. The normalized spacial score (nSPS) is 10.2. The number of para-hydroxylation sites is 1. The Balaban J connectivity index is 2.11. The van der Waals surface area contributed by atoms with Crippen LogP contribution in [0, 0.1) is 22.7 Å². The quantitative estimate of drug-likeness (QED) is 0.591. The number of hydrogen-bond donors (Lipinski definition) is 0. The Kier molecular flexibility index (Phi) is 4.58. The summed E-state index contributed by atoms with van der Waals surface area (Å²) in [6.45, 7) is 0.568. The lowest BCUT2D eigenvalue weighted by Crippen LogP contribution is -1.98. The second-order valence-electron chi connectivity index (χ2n) is 5.25. The maximum absolute atomic E-state index is 8.99. The Morgan fingerprint density at radius 3 is 2.54 bits per heavy atom. The molecule has 0 N–H and O–H groups in total. The van der Waals surface area contributed by atoms with Crippen LogP contribution in [0.5, 0.6) is 0 Å². The van der Waals surface area contributed by atoms with Crippen molar-refractivity contribution in [2.75, 3.05) is 0 Å². The van der Waals surface area contributed by atoms with Crippen molar-refractivity contribution >= 4 is 40.2 Å². The zero-order valence-electron chi connectivity index (χ0n) is 12.5. The van der Waals surface area contributed by atoms with E-state index in [0.717, 1.165) is 22.0 Å². The van der Waals surface area contributed by atoms with E-state index in [-0.39, 0.29) is 5.57 Å². The molecule has 0 spiro atoms. The fourth-order valence-electron chi connectivity index (χ4n) is 2.60. The molecule has 0 radical (unpaired) electrons. The van der Waals surface area contributed by atoms with E-state index in [1.165, 1.54) is 0 Å². The molecule has 5 heteroatoms. The smallest absolute Gasteiger partial charge is 0.130 e. The van der Waals surface area contributed by atoms with Crippen LogP contribution < -0.4 is 0 Å². The molecule has 0 aliphatic heterocycles. The van der Waals surface area contributed by atoms with Gasteiger partial charge in [-0.2, -0.15) is 10.5 Å². The van der Waals surface area contributed by atoms with Gasteiger partial charge in [0.1, 0.15) is 17.7 Å². The molecule has 0 bridgehead atoms. The third kappa shape index (κ3) is 3.14. The molecule has 24 heavy (non-hydrogen) atoms. The van der Waals surface area contributed by atoms with Crippen molar-refractivity contribution in [1.82, 2.24) is 4.57 Å². The van der Waals surface area contributed by atoms with Gasteiger partial charge in [-0.05, 0) is 29.8 Å². The Hall–Kier alpha value is -2.72. The lowest BCUT2D eigenvalue weighted by molar-refractivity contribution is 0.836. The number of hydrogen-bond acceptors (Lipinski definition) is 2. The van der Waals surface area contributed by atoms with Crippen LogP contribution in [0.25, 0.3) is 17.0 Å². The summed E-state index contributed by atoms with van der Waals surface area (Å²) in [4.78, 5) is 0. The van der Waals surface area contributed by atoms with E-state index in [9.17, 15) is 0 Å². The second-order valence-corrected chi connectivity index (χ2v) is 6.09. The summed E-state index contributed by atoms with van der Waals surface area (Å²) in [5.74, 6) is 0. The first-order chi connectivity index (χ1) is 11.6.